The molecule has 0 radical (unpaired) electrons. The number of hydrogen-bond donors (Lipinski definition) is 3. The highest BCUT2D eigenvalue weighted by molar-refractivity contribution is 6.33. The van der Waals surface area contributed by atoms with Crippen molar-refractivity contribution >= 4 is 40.6 Å². The first kappa shape index (κ1) is 15.8. The molecule has 0 aliphatic heterocycles. The molecule has 0 spiro atoms. The van der Waals surface area contributed by atoms with E-state index in [1.807, 2.05) is 18.2 Å². The topological polar surface area (TPSA) is 87.1 Å². The Balaban J connectivity index is 1.79. The average Bonchev–Trinajstić information content (AvgIpc) is 2.57. The van der Waals surface area contributed by atoms with Crippen LogP contribution in [0, 0.1) is 0 Å². The van der Waals surface area contributed by atoms with E-state index in [0.29, 0.717) is 22.3 Å². The molecule has 0 unspecified atom stereocenters. The number of aromatic nitrogens is 2. The van der Waals surface area contributed by atoms with Gasteiger partial charge in [-0.05, 0) is 30.3 Å². The van der Waals surface area contributed by atoms with Crippen LogP contribution in [0.15, 0.2) is 60.9 Å². The number of benzene rings is 2. The smallest absolute Gasteiger partial charge is 0.335 e. The van der Waals surface area contributed by atoms with Gasteiger partial charge in [0.1, 0.15) is 18.0 Å². The second-order valence-electron chi connectivity index (χ2n) is 4.90. The Hall–Kier alpha value is -3.12. The molecule has 0 aliphatic rings. The van der Waals surface area contributed by atoms with Crippen LogP contribution in [0.2, 0.25) is 5.02 Å². The Labute approximate surface area is 143 Å². The third-order valence-corrected chi connectivity index (χ3v) is 3.52. The molecule has 24 heavy (non-hydrogen) atoms. The predicted octanol–water partition coefficient (Wildman–Crippen LogP) is 4.32. The molecule has 120 valence electrons. The summed E-state index contributed by atoms with van der Waals surface area (Å²) in [4.78, 5) is 19.3. The first-order valence-electron chi connectivity index (χ1n) is 7.06. The number of halogens is 1. The van der Waals surface area contributed by atoms with Gasteiger partial charge in [0.25, 0.3) is 0 Å². The summed E-state index contributed by atoms with van der Waals surface area (Å²) in [7, 11) is 0. The van der Waals surface area contributed by atoms with Gasteiger partial charge in [0.2, 0.25) is 0 Å². The molecule has 7 heteroatoms. The summed E-state index contributed by atoms with van der Waals surface area (Å²) in [5, 5.41) is 15.8. The monoisotopic (exact) mass is 340 g/mol. The van der Waals surface area contributed by atoms with Crippen molar-refractivity contribution in [2.45, 2.75) is 0 Å². The minimum absolute atomic E-state index is 0.198. The number of hydrogen-bond acceptors (Lipinski definition) is 5. The summed E-state index contributed by atoms with van der Waals surface area (Å²) in [6.07, 6.45) is 1.41. The Kier molecular flexibility index (Phi) is 4.58. The highest BCUT2D eigenvalue weighted by atomic mass is 35.5. The van der Waals surface area contributed by atoms with Crippen LogP contribution >= 0.6 is 11.6 Å². The van der Waals surface area contributed by atoms with Crippen molar-refractivity contribution in [3.63, 3.8) is 0 Å². The Morgan fingerprint density at radius 1 is 0.958 bits per heavy atom. The number of carbonyl (C=O) groups is 1. The molecular weight excluding hydrogens is 328 g/mol. The van der Waals surface area contributed by atoms with Crippen LogP contribution in [0.5, 0.6) is 0 Å². The van der Waals surface area contributed by atoms with Crippen molar-refractivity contribution in [3.05, 3.63) is 71.5 Å². The zero-order valence-electron chi connectivity index (χ0n) is 12.4. The molecule has 0 saturated carbocycles. The molecule has 6 nitrogen and oxygen atoms in total. The lowest BCUT2D eigenvalue weighted by atomic mass is 10.2. The maximum atomic E-state index is 11.0. The largest absolute Gasteiger partial charge is 0.478 e. The second-order valence-corrected chi connectivity index (χ2v) is 5.31. The van der Waals surface area contributed by atoms with Gasteiger partial charge in [-0.15, -0.1) is 0 Å². The molecule has 0 bridgehead atoms. The summed E-state index contributed by atoms with van der Waals surface area (Å²) in [6.45, 7) is 0. The van der Waals surface area contributed by atoms with Gasteiger partial charge in [0, 0.05) is 11.8 Å². The zero-order valence-corrected chi connectivity index (χ0v) is 13.2. The number of rotatable bonds is 5. The van der Waals surface area contributed by atoms with E-state index in [2.05, 4.69) is 20.6 Å². The quantitative estimate of drug-likeness (QED) is 0.641. The molecule has 0 aliphatic carbocycles. The van der Waals surface area contributed by atoms with Gasteiger partial charge in [-0.1, -0.05) is 29.8 Å². The molecule has 0 amide bonds. The molecule has 0 fully saturated rings. The number of nitrogens with zero attached hydrogens (tertiary/aromatic N) is 2. The van der Waals surface area contributed by atoms with Crippen molar-refractivity contribution < 1.29 is 9.90 Å². The van der Waals surface area contributed by atoms with Gasteiger partial charge < -0.3 is 15.7 Å². The summed E-state index contributed by atoms with van der Waals surface area (Å²) in [5.41, 5.74) is 1.55. The first-order chi connectivity index (χ1) is 11.6. The fraction of sp³-hybridized carbons (Fsp3) is 0. The normalized spacial score (nSPS) is 10.2. The number of anilines is 4. The second kappa shape index (κ2) is 6.97. The lowest BCUT2D eigenvalue weighted by Crippen LogP contribution is -2.00. The van der Waals surface area contributed by atoms with Gasteiger partial charge in [-0.3, -0.25) is 0 Å². The van der Waals surface area contributed by atoms with E-state index in [-0.39, 0.29) is 5.56 Å². The van der Waals surface area contributed by atoms with Crippen molar-refractivity contribution in [2.24, 2.45) is 0 Å². The van der Waals surface area contributed by atoms with E-state index in [9.17, 15) is 4.79 Å². The van der Waals surface area contributed by atoms with E-state index in [4.69, 9.17) is 16.7 Å². The SMILES string of the molecule is O=C(O)c1cccc(Nc2cc(Nc3ccccc3Cl)ncn2)c1. The fourth-order valence-electron chi connectivity index (χ4n) is 2.07. The van der Waals surface area contributed by atoms with Crippen molar-refractivity contribution in [3.8, 4) is 0 Å². The molecule has 1 aromatic heterocycles. The molecule has 3 N–H and O–H groups in total. The zero-order chi connectivity index (χ0) is 16.9. The minimum atomic E-state index is -0.984. The first-order valence-corrected chi connectivity index (χ1v) is 7.43. The van der Waals surface area contributed by atoms with E-state index in [1.54, 1.807) is 24.3 Å². The molecule has 0 atom stereocenters. The van der Waals surface area contributed by atoms with Crippen molar-refractivity contribution in [1.82, 2.24) is 9.97 Å². The van der Waals surface area contributed by atoms with Gasteiger partial charge in [-0.2, -0.15) is 0 Å². The molecular formula is C17H13ClN4O2. The molecule has 0 saturated heterocycles. The molecule has 1 heterocycles. The highest BCUT2D eigenvalue weighted by Gasteiger charge is 2.05. The summed E-state index contributed by atoms with van der Waals surface area (Å²) < 4.78 is 0. The molecule has 2 aromatic carbocycles. The summed E-state index contributed by atoms with van der Waals surface area (Å²) >= 11 is 6.11. The Bertz CT molecular complexity index is 886. The van der Waals surface area contributed by atoms with E-state index in [0.717, 1.165) is 5.69 Å². The van der Waals surface area contributed by atoms with Crippen LogP contribution in [0.3, 0.4) is 0 Å². The Morgan fingerprint density at radius 3 is 2.46 bits per heavy atom. The number of carboxylic acid groups (broad SMARTS) is 1. The van der Waals surface area contributed by atoms with Crippen LogP contribution in [0.1, 0.15) is 10.4 Å². The standard InChI is InChI=1S/C17H13ClN4O2/c18-13-6-1-2-7-14(13)22-16-9-15(19-10-20-16)21-12-5-3-4-11(8-12)17(23)24/h1-10H,(H,23,24)(H2,19,20,21,22). The maximum Gasteiger partial charge on any atom is 0.335 e. The molecule has 3 aromatic rings. The van der Waals surface area contributed by atoms with Crippen molar-refractivity contribution in [2.75, 3.05) is 10.6 Å². The van der Waals surface area contributed by atoms with E-state index < -0.39 is 5.97 Å². The van der Waals surface area contributed by atoms with Crippen LogP contribution in [0.25, 0.3) is 0 Å². The van der Waals surface area contributed by atoms with E-state index >= 15 is 0 Å². The number of carboxylic acids is 1. The maximum absolute atomic E-state index is 11.0. The Morgan fingerprint density at radius 2 is 1.71 bits per heavy atom. The van der Waals surface area contributed by atoms with Gasteiger partial charge >= 0.3 is 5.97 Å². The fourth-order valence-corrected chi connectivity index (χ4v) is 2.26. The predicted molar refractivity (Wildman–Crippen MR) is 93.5 cm³/mol. The van der Waals surface area contributed by atoms with Crippen LogP contribution in [-0.4, -0.2) is 21.0 Å². The van der Waals surface area contributed by atoms with Gasteiger partial charge in [-0.25, -0.2) is 14.8 Å². The highest BCUT2D eigenvalue weighted by Crippen LogP contribution is 2.25. The van der Waals surface area contributed by atoms with Crippen LogP contribution in [0.4, 0.5) is 23.0 Å². The van der Waals surface area contributed by atoms with Crippen LogP contribution in [-0.2, 0) is 0 Å². The third kappa shape index (κ3) is 3.80. The van der Waals surface area contributed by atoms with Gasteiger partial charge in [0.05, 0.1) is 16.3 Å². The minimum Gasteiger partial charge on any atom is -0.478 e. The number of para-hydroxylation sites is 1. The van der Waals surface area contributed by atoms with E-state index in [1.165, 1.54) is 18.5 Å². The van der Waals surface area contributed by atoms with Crippen LogP contribution < -0.4 is 10.6 Å². The number of nitrogens with one attached hydrogen (secondary N) is 2. The number of aromatic carboxylic acids is 1. The lowest BCUT2D eigenvalue weighted by Gasteiger charge is -2.10. The van der Waals surface area contributed by atoms with Gasteiger partial charge in [0.15, 0.2) is 0 Å². The lowest BCUT2D eigenvalue weighted by molar-refractivity contribution is 0.0697. The van der Waals surface area contributed by atoms with Crippen molar-refractivity contribution in [1.29, 1.82) is 0 Å². The molecule has 3 rings (SSSR count). The average molecular weight is 341 g/mol. The summed E-state index contributed by atoms with van der Waals surface area (Å²) in [5.74, 6) is 0.111. The third-order valence-electron chi connectivity index (χ3n) is 3.19. The summed E-state index contributed by atoms with van der Waals surface area (Å²) in [6, 6.07) is 15.5.